The zero-order valence-electron chi connectivity index (χ0n) is 12.1. The molecule has 0 aliphatic carbocycles. The van der Waals surface area contributed by atoms with Crippen LogP contribution in [0.5, 0.6) is 0 Å². The number of rotatable bonds is 7. The lowest BCUT2D eigenvalue weighted by atomic mass is 9.92. The van der Waals surface area contributed by atoms with Crippen LogP contribution in [0.15, 0.2) is 18.2 Å². The highest BCUT2D eigenvalue weighted by Crippen LogP contribution is 2.22. The summed E-state index contributed by atoms with van der Waals surface area (Å²) in [7, 11) is 0. The Morgan fingerprint density at radius 3 is 2.00 bits per heavy atom. The molecule has 0 N–H and O–H groups in total. The Bertz CT molecular complexity index is 323. The minimum atomic E-state index is 0.649. The van der Waals surface area contributed by atoms with Gasteiger partial charge in [-0.2, -0.15) is 0 Å². The van der Waals surface area contributed by atoms with Gasteiger partial charge in [0, 0.05) is 0 Å². The lowest BCUT2D eigenvalue weighted by Crippen LogP contribution is -1.98. The summed E-state index contributed by atoms with van der Waals surface area (Å²) in [6.07, 6.45) is 7.74. The van der Waals surface area contributed by atoms with Gasteiger partial charge in [0.2, 0.25) is 0 Å². The minimum Gasteiger partial charge on any atom is -0.0654 e. The van der Waals surface area contributed by atoms with E-state index < -0.39 is 0 Å². The van der Waals surface area contributed by atoms with Crippen LogP contribution in [-0.2, 0) is 12.8 Å². The molecule has 0 amide bonds. The molecule has 0 saturated carbocycles. The monoisotopic (exact) mass is 232 g/mol. The van der Waals surface area contributed by atoms with Crippen LogP contribution in [0.1, 0.15) is 76.0 Å². The molecule has 1 aromatic rings. The molecule has 0 radical (unpaired) electrons. The van der Waals surface area contributed by atoms with Gasteiger partial charge < -0.3 is 0 Å². The minimum absolute atomic E-state index is 0.649. The van der Waals surface area contributed by atoms with Crippen molar-refractivity contribution in [3.8, 4) is 0 Å². The number of benzene rings is 1. The normalized spacial score (nSPS) is 11.1. The summed E-state index contributed by atoms with van der Waals surface area (Å²) in [6, 6.07) is 7.15. The maximum atomic E-state index is 2.45. The zero-order valence-corrected chi connectivity index (χ0v) is 12.1. The summed E-state index contributed by atoms with van der Waals surface area (Å²) in [5.41, 5.74) is 4.69. The van der Waals surface area contributed by atoms with Crippen LogP contribution in [0, 0.1) is 0 Å². The Kier molecular flexibility index (Phi) is 6.32. The first-order chi connectivity index (χ1) is 8.19. The fourth-order valence-electron chi connectivity index (χ4n) is 2.22. The van der Waals surface area contributed by atoms with E-state index in [4.69, 9.17) is 0 Å². The summed E-state index contributed by atoms with van der Waals surface area (Å²) >= 11 is 0. The Morgan fingerprint density at radius 1 is 0.882 bits per heavy atom. The van der Waals surface area contributed by atoms with E-state index in [1.54, 1.807) is 11.1 Å². The topological polar surface area (TPSA) is 0 Å². The molecule has 0 heterocycles. The average Bonchev–Trinajstić information content (AvgIpc) is 2.34. The second kappa shape index (κ2) is 7.53. The molecule has 0 spiro atoms. The van der Waals surface area contributed by atoms with Crippen molar-refractivity contribution in [2.75, 3.05) is 0 Å². The molecule has 0 aromatic heterocycles. The maximum Gasteiger partial charge on any atom is -0.0219 e. The first kappa shape index (κ1) is 14.3. The van der Waals surface area contributed by atoms with Crippen molar-refractivity contribution in [2.24, 2.45) is 0 Å². The largest absolute Gasteiger partial charge is 0.0654 e. The van der Waals surface area contributed by atoms with E-state index in [1.165, 1.54) is 44.1 Å². The van der Waals surface area contributed by atoms with E-state index in [0.717, 1.165) is 0 Å². The zero-order chi connectivity index (χ0) is 12.7. The summed E-state index contributed by atoms with van der Waals surface area (Å²) in [5.74, 6) is 0.649. The van der Waals surface area contributed by atoms with Crippen LogP contribution < -0.4 is 0 Å². The Hall–Kier alpha value is -0.780. The van der Waals surface area contributed by atoms with Crippen LogP contribution in [0.3, 0.4) is 0 Å². The average molecular weight is 232 g/mol. The van der Waals surface area contributed by atoms with E-state index in [0.29, 0.717) is 5.92 Å². The van der Waals surface area contributed by atoms with E-state index in [1.807, 2.05) is 0 Å². The second-order valence-corrected chi connectivity index (χ2v) is 5.39. The van der Waals surface area contributed by atoms with Crippen molar-refractivity contribution in [3.63, 3.8) is 0 Å². The summed E-state index contributed by atoms with van der Waals surface area (Å²) in [5, 5.41) is 0. The number of hydrogen-bond acceptors (Lipinski definition) is 0. The molecule has 0 nitrogen and oxygen atoms in total. The fourth-order valence-corrected chi connectivity index (χ4v) is 2.22. The third-order valence-corrected chi connectivity index (χ3v) is 3.50. The third-order valence-electron chi connectivity index (χ3n) is 3.50. The van der Waals surface area contributed by atoms with Gasteiger partial charge in [-0.25, -0.2) is 0 Å². The maximum absolute atomic E-state index is 2.45. The van der Waals surface area contributed by atoms with Gasteiger partial charge in [0.15, 0.2) is 0 Å². The summed E-state index contributed by atoms with van der Waals surface area (Å²) < 4.78 is 0. The Labute approximate surface area is 107 Å². The molecule has 0 bridgehead atoms. The van der Waals surface area contributed by atoms with E-state index in [2.05, 4.69) is 45.9 Å². The van der Waals surface area contributed by atoms with Gasteiger partial charge in [-0.05, 0) is 48.3 Å². The molecule has 0 aliphatic heterocycles. The van der Waals surface area contributed by atoms with Crippen molar-refractivity contribution in [1.29, 1.82) is 0 Å². The van der Waals surface area contributed by atoms with E-state index in [-0.39, 0.29) is 0 Å². The van der Waals surface area contributed by atoms with Gasteiger partial charge >= 0.3 is 0 Å². The first-order valence-corrected chi connectivity index (χ1v) is 7.30. The van der Waals surface area contributed by atoms with Crippen LogP contribution in [-0.4, -0.2) is 0 Å². The highest BCUT2D eigenvalue weighted by atomic mass is 14.1. The molecule has 1 aromatic carbocycles. The Balaban J connectivity index is 2.86. The number of unbranched alkanes of at least 4 members (excludes halogenated alkanes) is 2. The first-order valence-electron chi connectivity index (χ1n) is 7.30. The molecule has 0 fully saturated rings. The Morgan fingerprint density at radius 2 is 1.47 bits per heavy atom. The van der Waals surface area contributed by atoms with Gasteiger partial charge in [0.1, 0.15) is 0 Å². The van der Waals surface area contributed by atoms with Crippen molar-refractivity contribution in [3.05, 3.63) is 34.9 Å². The van der Waals surface area contributed by atoms with Crippen molar-refractivity contribution in [2.45, 2.75) is 72.1 Å². The molecular weight excluding hydrogens is 204 g/mol. The van der Waals surface area contributed by atoms with Crippen molar-refractivity contribution in [1.82, 2.24) is 0 Å². The van der Waals surface area contributed by atoms with Gasteiger partial charge in [-0.3, -0.25) is 0 Å². The van der Waals surface area contributed by atoms with E-state index in [9.17, 15) is 0 Å². The molecule has 0 heteroatoms. The lowest BCUT2D eigenvalue weighted by molar-refractivity contribution is 0.753. The van der Waals surface area contributed by atoms with Crippen LogP contribution in [0.2, 0.25) is 0 Å². The van der Waals surface area contributed by atoms with Gasteiger partial charge in [-0.1, -0.05) is 58.7 Å². The molecule has 0 saturated heterocycles. The number of hydrogen-bond donors (Lipinski definition) is 0. The van der Waals surface area contributed by atoms with Crippen LogP contribution in [0.25, 0.3) is 0 Å². The van der Waals surface area contributed by atoms with Crippen LogP contribution >= 0.6 is 0 Å². The van der Waals surface area contributed by atoms with Crippen LogP contribution in [0.4, 0.5) is 0 Å². The van der Waals surface area contributed by atoms with Gasteiger partial charge in [0.25, 0.3) is 0 Å². The lowest BCUT2D eigenvalue weighted by Gasteiger charge is -2.13. The smallest absolute Gasteiger partial charge is 0.0219 e. The van der Waals surface area contributed by atoms with Gasteiger partial charge in [-0.15, -0.1) is 0 Å². The second-order valence-electron chi connectivity index (χ2n) is 5.39. The standard InChI is InChI=1S/C17H28/c1-5-7-9-15-11-12-16(14(3)4)13-17(15)10-8-6-2/h11-14H,5-10H2,1-4H3. The molecule has 17 heavy (non-hydrogen) atoms. The van der Waals surface area contributed by atoms with Gasteiger partial charge in [0.05, 0.1) is 0 Å². The highest BCUT2D eigenvalue weighted by Gasteiger charge is 2.06. The van der Waals surface area contributed by atoms with Crippen molar-refractivity contribution < 1.29 is 0 Å². The third kappa shape index (κ3) is 4.53. The summed E-state index contributed by atoms with van der Waals surface area (Å²) in [4.78, 5) is 0. The molecule has 96 valence electrons. The predicted molar refractivity (Wildman–Crippen MR) is 77.8 cm³/mol. The molecule has 0 atom stereocenters. The fraction of sp³-hybridized carbons (Fsp3) is 0.647. The van der Waals surface area contributed by atoms with E-state index >= 15 is 0 Å². The quantitative estimate of drug-likeness (QED) is 0.582. The SMILES string of the molecule is CCCCc1ccc(C(C)C)cc1CCCC. The highest BCUT2D eigenvalue weighted by molar-refractivity contribution is 5.33. The molecule has 1 rings (SSSR count). The molecule has 0 unspecified atom stereocenters. The predicted octanol–water partition coefficient (Wildman–Crippen LogP) is 5.50. The van der Waals surface area contributed by atoms with Crippen molar-refractivity contribution >= 4 is 0 Å². The molecule has 0 aliphatic rings. The number of aryl methyl sites for hydroxylation is 2. The summed E-state index contributed by atoms with van der Waals surface area (Å²) in [6.45, 7) is 9.11. The molecular formula is C17H28.